The van der Waals surface area contributed by atoms with Crippen molar-refractivity contribution in [2.24, 2.45) is 0 Å². The van der Waals surface area contributed by atoms with E-state index in [4.69, 9.17) is 10.5 Å². The second-order valence-corrected chi connectivity index (χ2v) is 3.94. The summed E-state index contributed by atoms with van der Waals surface area (Å²) >= 11 is 0. The van der Waals surface area contributed by atoms with Crippen molar-refractivity contribution in [1.82, 2.24) is 9.97 Å². The van der Waals surface area contributed by atoms with Gasteiger partial charge in [-0.05, 0) is 18.6 Å². The summed E-state index contributed by atoms with van der Waals surface area (Å²) in [6.07, 6.45) is -4.77. The molecule has 1 heterocycles. The molecule has 0 fully saturated rings. The minimum Gasteiger partial charge on any atom is -0.436 e. The van der Waals surface area contributed by atoms with E-state index in [1.165, 1.54) is 25.1 Å². The van der Waals surface area contributed by atoms with Crippen LogP contribution in [0.4, 0.5) is 23.4 Å². The Morgan fingerprint density at radius 2 is 1.90 bits per heavy atom. The molecule has 0 saturated heterocycles. The van der Waals surface area contributed by atoms with Gasteiger partial charge in [-0.1, -0.05) is 12.1 Å². The Balaban J connectivity index is 2.39. The molecule has 2 rings (SSSR count). The Morgan fingerprint density at radius 3 is 2.55 bits per heavy atom. The molecule has 0 saturated carbocycles. The number of aryl methyl sites for hydroxylation is 1. The van der Waals surface area contributed by atoms with E-state index in [0.29, 0.717) is 5.56 Å². The lowest BCUT2D eigenvalue weighted by Crippen LogP contribution is -2.13. The summed E-state index contributed by atoms with van der Waals surface area (Å²) in [5.74, 6) is -3.26. The molecule has 0 aliphatic rings. The molecule has 2 N–H and O–H groups in total. The third-order valence-corrected chi connectivity index (χ3v) is 2.35. The van der Waals surface area contributed by atoms with Gasteiger partial charge in [0.2, 0.25) is 11.7 Å². The third-order valence-electron chi connectivity index (χ3n) is 2.35. The number of hydrogen-bond acceptors (Lipinski definition) is 4. The maximum atomic E-state index is 13.7. The van der Waals surface area contributed by atoms with Crippen LogP contribution in [0.15, 0.2) is 24.3 Å². The fraction of sp³-hybridized carbons (Fsp3) is 0.167. The van der Waals surface area contributed by atoms with Crippen LogP contribution in [0.1, 0.15) is 11.4 Å². The number of halogens is 4. The predicted molar refractivity (Wildman–Crippen MR) is 62.7 cm³/mol. The lowest BCUT2D eigenvalue weighted by molar-refractivity contribution is -0.145. The molecule has 2 aromatic rings. The molecule has 106 valence electrons. The molecule has 0 atom stereocenters. The van der Waals surface area contributed by atoms with E-state index < -0.39 is 29.5 Å². The van der Waals surface area contributed by atoms with Gasteiger partial charge < -0.3 is 10.5 Å². The zero-order chi connectivity index (χ0) is 14.9. The van der Waals surface area contributed by atoms with Gasteiger partial charge in [-0.15, -0.1) is 0 Å². The average Bonchev–Trinajstić information content (AvgIpc) is 2.33. The summed E-state index contributed by atoms with van der Waals surface area (Å²) in [5.41, 5.74) is 5.55. The molecule has 4 nitrogen and oxygen atoms in total. The number of hydrogen-bond donors (Lipinski definition) is 1. The summed E-state index contributed by atoms with van der Waals surface area (Å²) in [6.45, 7) is 1.50. The summed E-state index contributed by atoms with van der Waals surface area (Å²) in [5, 5.41) is 0. The maximum absolute atomic E-state index is 13.7. The molecule has 0 aliphatic heterocycles. The van der Waals surface area contributed by atoms with Crippen molar-refractivity contribution in [3.8, 4) is 11.6 Å². The lowest BCUT2D eigenvalue weighted by Gasteiger charge is -2.10. The summed E-state index contributed by atoms with van der Waals surface area (Å²) in [4.78, 5) is 6.22. The molecular formula is C12H9F4N3O. The van der Waals surface area contributed by atoms with Gasteiger partial charge in [0.15, 0.2) is 11.6 Å². The second-order valence-electron chi connectivity index (χ2n) is 3.94. The van der Waals surface area contributed by atoms with E-state index in [9.17, 15) is 17.6 Å². The van der Waals surface area contributed by atoms with Gasteiger partial charge in [0.1, 0.15) is 5.82 Å². The van der Waals surface area contributed by atoms with Crippen molar-refractivity contribution in [2.45, 2.75) is 13.1 Å². The molecule has 0 amide bonds. The van der Waals surface area contributed by atoms with Crippen LogP contribution in [0.2, 0.25) is 0 Å². The molecule has 0 bridgehead atoms. The monoisotopic (exact) mass is 287 g/mol. The van der Waals surface area contributed by atoms with Crippen LogP contribution in [0.5, 0.6) is 11.6 Å². The third kappa shape index (κ3) is 2.95. The fourth-order valence-electron chi connectivity index (χ4n) is 1.43. The average molecular weight is 287 g/mol. The van der Waals surface area contributed by atoms with Crippen LogP contribution in [-0.2, 0) is 6.18 Å². The van der Waals surface area contributed by atoms with Gasteiger partial charge in [-0.3, -0.25) is 0 Å². The Bertz CT molecular complexity index is 643. The molecule has 0 spiro atoms. The molecule has 0 radical (unpaired) electrons. The Labute approximate surface area is 111 Å². The fourth-order valence-corrected chi connectivity index (χ4v) is 1.43. The van der Waals surface area contributed by atoms with Gasteiger partial charge in [-0.2, -0.15) is 18.2 Å². The van der Waals surface area contributed by atoms with Crippen molar-refractivity contribution in [3.63, 3.8) is 0 Å². The maximum Gasteiger partial charge on any atom is 0.451 e. The molecule has 8 heteroatoms. The number of nitrogens with two attached hydrogens (primary N) is 1. The molecule has 0 unspecified atom stereocenters. The van der Waals surface area contributed by atoms with Crippen molar-refractivity contribution < 1.29 is 22.3 Å². The number of nitrogens with zero attached hydrogens (tertiary/aromatic N) is 2. The molecule has 1 aromatic carbocycles. The van der Waals surface area contributed by atoms with Crippen LogP contribution in [-0.4, -0.2) is 9.97 Å². The van der Waals surface area contributed by atoms with E-state index >= 15 is 0 Å². The number of aromatic nitrogens is 2. The predicted octanol–water partition coefficient (Wildman–Crippen LogP) is 3.32. The van der Waals surface area contributed by atoms with E-state index in [1.807, 2.05) is 0 Å². The number of ether oxygens (including phenoxy) is 1. The molecule has 0 aliphatic carbocycles. The lowest BCUT2D eigenvalue weighted by atomic mass is 10.2. The summed E-state index contributed by atoms with van der Waals surface area (Å²) < 4.78 is 56.3. The smallest absolute Gasteiger partial charge is 0.436 e. The van der Waals surface area contributed by atoms with Crippen LogP contribution < -0.4 is 10.5 Å². The minimum atomic E-state index is -4.77. The first kappa shape index (κ1) is 14.0. The van der Waals surface area contributed by atoms with Gasteiger partial charge in [-0.25, -0.2) is 9.37 Å². The normalized spacial score (nSPS) is 11.4. The Morgan fingerprint density at radius 1 is 1.20 bits per heavy atom. The standard InChI is InChI=1S/C12H9F4N3O/c1-6-3-2-4-7(10(6)13)20-9-5-8(17)18-11(19-9)12(14,15)16/h2-5H,1H3,(H2,17,18,19). The van der Waals surface area contributed by atoms with E-state index in [0.717, 1.165) is 6.07 Å². The highest BCUT2D eigenvalue weighted by atomic mass is 19.4. The van der Waals surface area contributed by atoms with E-state index in [1.54, 1.807) is 0 Å². The first-order chi connectivity index (χ1) is 9.27. The minimum absolute atomic E-state index is 0.240. The zero-order valence-corrected chi connectivity index (χ0v) is 10.2. The molecule has 1 aromatic heterocycles. The van der Waals surface area contributed by atoms with Crippen LogP contribution in [0.25, 0.3) is 0 Å². The number of nitrogen functional groups attached to an aromatic ring is 1. The van der Waals surface area contributed by atoms with Crippen LogP contribution in [0, 0.1) is 12.7 Å². The van der Waals surface area contributed by atoms with Crippen LogP contribution >= 0.6 is 0 Å². The van der Waals surface area contributed by atoms with Crippen molar-refractivity contribution in [1.29, 1.82) is 0 Å². The second kappa shape index (κ2) is 4.95. The Hall–Kier alpha value is -2.38. The van der Waals surface area contributed by atoms with E-state index in [2.05, 4.69) is 9.97 Å². The largest absolute Gasteiger partial charge is 0.451 e. The SMILES string of the molecule is Cc1cccc(Oc2cc(N)nc(C(F)(F)F)n2)c1F. The van der Waals surface area contributed by atoms with Crippen molar-refractivity contribution >= 4 is 5.82 Å². The quantitative estimate of drug-likeness (QED) is 0.861. The van der Waals surface area contributed by atoms with Crippen molar-refractivity contribution in [3.05, 3.63) is 41.5 Å². The first-order valence-electron chi connectivity index (χ1n) is 5.42. The number of alkyl halides is 3. The number of rotatable bonds is 2. The van der Waals surface area contributed by atoms with Gasteiger partial charge in [0.25, 0.3) is 0 Å². The molecular weight excluding hydrogens is 278 g/mol. The number of anilines is 1. The zero-order valence-electron chi connectivity index (χ0n) is 10.2. The Kier molecular flexibility index (Phi) is 3.47. The molecule has 20 heavy (non-hydrogen) atoms. The summed E-state index contributed by atoms with van der Waals surface area (Å²) in [6, 6.07) is 5.26. The highest BCUT2D eigenvalue weighted by molar-refractivity contribution is 5.38. The van der Waals surface area contributed by atoms with Gasteiger partial charge in [0, 0.05) is 6.07 Å². The van der Waals surface area contributed by atoms with E-state index in [-0.39, 0.29) is 5.75 Å². The first-order valence-corrected chi connectivity index (χ1v) is 5.42. The van der Waals surface area contributed by atoms with Gasteiger partial charge in [0.05, 0.1) is 0 Å². The van der Waals surface area contributed by atoms with Gasteiger partial charge >= 0.3 is 6.18 Å². The topological polar surface area (TPSA) is 61.0 Å². The highest BCUT2D eigenvalue weighted by Gasteiger charge is 2.35. The highest BCUT2D eigenvalue weighted by Crippen LogP contribution is 2.30. The summed E-state index contributed by atoms with van der Waals surface area (Å²) in [7, 11) is 0. The number of benzene rings is 1. The van der Waals surface area contributed by atoms with Crippen LogP contribution in [0.3, 0.4) is 0 Å². The van der Waals surface area contributed by atoms with Crippen molar-refractivity contribution in [2.75, 3.05) is 5.73 Å².